The SMILES string of the molecule is CCOC1CCN(c2cc(C(=O)O)ccc2N)CC1. The average molecular weight is 264 g/mol. The molecule has 0 aromatic heterocycles. The largest absolute Gasteiger partial charge is 0.478 e. The summed E-state index contributed by atoms with van der Waals surface area (Å²) in [5.74, 6) is -0.926. The Balaban J connectivity index is 2.10. The Morgan fingerprint density at radius 2 is 2.16 bits per heavy atom. The van der Waals surface area contributed by atoms with E-state index in [-0.39, 0.29) is 5.56 Å². The Bertz CT molecular complexity index is 454. The highest BCUT2D eigenvalue weighted by atomic mass is 16.5. The minimum Gasteiger partial charge on any atom is -0.478 e. The average Bonchev–Trinajstić information content (AvgIpc) is 2.40. The van der Waals surface area contributed by atoms with Crippen molar-refractivity contribution < 1.29 is 14.6 Å². The first-order valence-electron chi connectivity index (χ1n) is 6.61. The smallest absolute Gasteiger partial charge is 0.335 e. The molecule has 1 aromatic rings. The van der Waals surface area contributed by atoms with E-state index < -0.39 is 5.97 Å². The second kappa shape index (κ2) is 5.93. The van der Waals surface area contributed by atoms with E-state index in [9.17, 15) is 4.79 Å². The predicted octanol–water partition coefficient (Wildman–Crippen LogP) is 1.97. The first-order valence-corrected chi connectivity index (χ1v) is 6.61. The van der Waals surface area contributed by atoms with Crippen molar-refractivity contribution in [3.05, 3.63) is 23.8 Å². The van der Waals surface area contributed by atoms with Crippen LogP contribution in [0.4, 0.5) is 11.4 Å². The monoisotopic (exact) mass is 264 g/mol. The van der Waals surface area contributed by atoms with Crippen LogP contribution in [-0.2, 0) is 4.74 Å². The molecule has 5 nitrogen and oxygen atoms in total. The summed E-state index contributed by atoms with van der Waals surface area (Å²) >= 11 is 0. The summed E-state index contributed by atoms with van der Waals surface area (Å²) in [5.41, 5.74) is 7.66. The molecule has 0 bridgehead atoms. The van der Waals surface area contributed by atoms with Crippen molar-refractivity contribution in [2.45, 2.75) is 25.9 Å². The normalized spacial score (nSPS) is 16.6. The summed E-state index contributed by atoms with van der Waals surface area (Å²) in [4.78, 5) is 13.1. The lowest BCUT2D eigenvalue weighted by molar-refractivity contribution is 0.0459. The van der Waals surface area contributed by atoms with Crippen LogP contribution >= 0.6 is 0 Å². The van der Waals surface area contributed by atoms with Gasteiger partial charge in [-0.15, -0.1) is 0 Å². The van der Waals surface area contributed by atoms with Crippen molar-refractivity contribution in [1.82, 2.24) is 0 Å². The summed E-state index contributed by atoms with van der Waals surface area (Å²) in [5, 5.41) is 9.03. The van der Waals surface area contributed by atoms with Crippen molar-refractivity contribution in [3.8, 4) is 0 Å². The van der Waals surface area contributed by atoms with Crippen molar-refractivity contribution in [2.24, 2.45) is 0 Å². The Morgan fingerprint density at radius 3 is 2.74 bits per heavy atom. The molecule has 19 heavy (non-hydrogen) atoms. The van der Waals surface area contributed by atoms with E-state index in [0.29, 0.717) is 11.8 Å². The standard InChI is InChI=1S/C14H20N2O3/c1-2-19-11-5-7-16(8-6-11)13-9-10(14(17)18)3-4-12(13)15/h3-4,9,11H,2,5-8,15H2,1H3,(H,17,18). The van der Waals surface area contributed by atoms with Gasteiger partial charge in [-0.25, -0.2) is 4.79 Å². The Hall–Kier alpha value is -1.75. The highest BCUT2D eigenvalue weighted by molar-refractivity contribution is 5.90. The van der Waals surface area contributed by atoms with E-state index in [0.717, 1.165) is 38.2 Å². The molecule has 1 saturated heterocycles. The maximum Gasteiger partial charge on any atom is 0.335 e. The third-order valence-corrected chi connectivity index (χ3v) is 3.46. The molecule has 5 heteroatoms. The highest BCUT2D eigenvalue weighted by Crippen LogP contribution is 2.28. The summed E-state index contributed by atoms with van der Waals surface area (Å²) in [6.07, 6.45) is 2.21. The molecule has 1 aromatic carbocycles. The van der Waals surface area contributed by atoms with Gasteiger partial charge in [-0.05, 0) is 38.0 Å². The van der Waals surface area contributed by atoms with Crippen LogP contribution in [-0.4, -0.2) is 36.9 Å². The summed E-state index contributed by atoms with van der Waals surface area (Å²) in [6, 6.07) is 4.85. The van der Waals surface area contributed by atoms with Gasteiger partial charge in [-0.3, -0.25) is 0 Å². The fourth-order valence-corrected chi connectivity index (χ4v) is 2.45. The summed E-state index contributed by atoms with van der Waals surface area (Å²) in [7, 11) is 0. The van der Waals surface area contributed by atoms with Gasteiger partial charge in [-0.2, -0.15) is 0 Å². The maximum absolute atomic E-state index is 11.0. The summed E-state index contributed by atoms with van der Waals surface area (Å²) in [6.45, 7) is 4.43. The number of nitrogen functional groups attached to an aromatic ring is 1. The van der Waals surface area contributed by atoms with Crippen LogP contribution in [0.15, 0.2) is 18.2 Å². The van der Waals surface area contributed by atoms with Gasteiger partial charge < -0.3 is 20.5 Å². The van der Waals surface area contributed by atoms with Gasteiger partial charge in [0.1, 0.15) is 0 Å². The van der Waals surface area contributed by atoms with E-state index in [4.69, 9.17) is 15.6 Å². The molecule has 0 radical (unpaired) electrons. The second-order valence-electron chi connectivity index (χ2n) is 4.72. The first-order chi connectivity index (χ1) is 9.11. The Labute approximate surface area is 113 Å². The van der Waals surface area contributed by atoms with Crippen molar-refractivity contribution >= 4 is 17.3 Å². The van der Waals surface area contributed by atoms with E-state index in [1.54, 1.807) is 12.1 Å². The van der Waals surface area contributed by atoms with Crippen LogP contribution in [0.3, 0.4) is 0 Å². The van der Waals surface area contributed by atoms with Crippen LogP contribution in [0, 0.1) is 0 Å². The van der Waals surface area contributed by atoms with E-state index >= 15 is 0 Å². The second-order valence-corrected chi connectivity index (χ2v) is 4.72. The minimum atomic E-state index is -0.926. The number of piperidine rings is 1. The molecular formula is C14H20N2O3. The lowest BCUT2D eigenvalue weighted by Gasteiger charge is -2.34. The van der Waals surface area contributed by atoms with Gasteiger partial charge in [-0.1, -0.05) is 0 Å². The molecule has 2 rings (SSSR count). The number of carbonyl (C=O) groups is 1. The number of anilines is 2. The van der Waals surface area contributed by atoms with Crippen LogP contribution in [0.2, 0.25) is 0 Å². The molecule has 0 spiro atoms. The molecule has 1 aliphatic heterocycles. The zero-order valence-electron chi connectivity index (χ0n) is 11.1. The number of rotatable bonds is 4. The molecule has 3 N–H and O–H groups in total. The number of benzene rings is 1. The molecule has 1 fully saturated rings. The fourth-order valence-electron chi connectivity index (χ4n) is 2.45. The van der Waals surface area contributed by atoms with Gasteiger partial charge in [0, 0.05) is 19.7 Å². The Kier molecular flexibility index (Phi) is 4.27. The number of nitrogens with two attached hydrogens (primary N) is 1. The Morgan fingerprint density at radius 1 is 1.47 bits per heavy atom. The van der Waals surface area contributed by atoms with E-state index in [2.05, 4.69) is 4.90 Å². The van der Waals surface area contributed by atoms with E-state index in [1.807, 2.05) is 6.92 Å². The lowest BCUT2D eigenvalue weighted by atomic mass is 10.1. The molecule has 1 aliphatic rings. The number of carboxylic acids is 1. The molecule has 0 aliphatic carbocycles. The fraction of sp³-hybridized carbons (Fsp3) is 0.500. The number of aromatic carboxylic acids is 1. The third kappa shape index (κ3) is 3.17. The van der Waals surface area contributed by atoms with Gasteiger partial charge in [0.25, 0.3) is 0 Å². The predicted molar refractivity (Wildman–Crippen MR) is 74.7 cm³/mol. The number of hydrogen-bond donors (Lipinski definition) is 2. The lowest BCUT2D eigenvalue weighted by Crippen LogP contribution is -2.37. The topological polar surface area (TPSA) is 75.8 Å². The number of ether oxygens (including phenoxy) is 1. The van der Waals surface area contributed by atoms with Crippen molar-refractivity contribution in [3.63, 3.8) is 0 Å². The number of hydrogen-bond acceptors (Lipinski definition) is 4. The molecule has 0 saturated carbocycles. The number of carboxylic acid groups (broad SMARTS) is 1. The van der Waals surface area contributed by atoms with E-state index in [1.165, 1.54) is 6.07 Å². The van der Waals surface area contributed by atoms with Crippen LogP contribution in [0.5, 0.6) is 0 Å². The van der Waals surface area contributed by atoms with Crippen LogP contribution in [0.25, 0.3) is 0 Å². The molecular weight excluding hydrogens is 244 g/mol. The minimum absolute atomic E-state index is 0.274. The van der Waals surface area contributed by atoms with Gasteiger partial charge in [0.05, 0.1) is 23.0 Å². The zero-order valence-corrected chi connectivity index (χ0v) is 11.1. The maximum atomic E-state index is 11.0. The van der Waals surface area contributed by atoms with Gasteiger partial charge in [0.15, 0.2) is 0 Å². The first kappa shape index (κ1) is 13.7. The molecule has 0 atom stereocenters. The molecule has 1 heterocycles. The molecule has 0 unspecified atom stereocenters. The van der Waals surface area contributed by atoms with Crippen molar-refractivity contribution in [2.75, 3.05) is 30.3 Å². The molecule has 0 amide bonds. The van der Waals surface area contributed by atoms with Crippen LogP contribution in [0.1, 0.15) is 30.1 Å². The van der Waals surface area contributed by atoms with Crippen LogP contribution < -0.4 is 10.6 Å². The third-order valence-electron chi connectivity index (χ3n) is 3.46. The number of nitrogens with zero attached hydrogens (tertiary/aromatic N) is 1. The van der Waals surface area contributed by atoms with Gasteiger partial charge in [0.2, 0.25) is 0 Å². The van der Waals surface area contributed by atoms with Crippen molar-refractivity contribution in [1.29, 1.82) is 0 Å². The van der Waals surface area contributed by atoms with Gasteiger partial charge >= 0.3 is 5.97 Å². The summed E-state index contributed by atoms with van der Waals surface area (Å²) < 4.78 is 5.61. The molecule has 104 valence electrons. The zero-order chi connectivity index (χ0) is 13.8. The highest BCUT2D eigenvalue weighted by Gasteiger charge is 2.21. The quantitative estimate of drug-likeness (QED) is 0.813.